The minimum absolute atomic E-state index is 0.00907. The maximum absolute atomic E-state index is 11.2. The number of hydrogen-bond donors (Lipinski definition) is 0. The highest BCUT2D eigenvalue weighted by Crippen LogP contribution is 2.26. The van der Waals surface area contributed by atoms with Crippen molar-refractivity contribution in [1.82, 2.24) is 0 Å². The third kappa shape index (κ3) is 2.20. The average Bonchev–Trinajstić information content (AvgIpc) is 2.16. The molecule has 0 radical (unpaired) electrons. The van der Waals surface area contributed by atoms with Gasteiger partial charge in [0.05, 0.1) is 4.92 Å². The Morgan fingerprint density at radius 1 is 1.53 bits per heavy atom. The van der Waals surface area contributed by atoms with Crippen LogP contribution in [0.2, 0.25) is 0 Å². The van der Waals surface area contributed by atoms with E-state index >= 15 is 0 Å². The molecule has 0 aliphatic rings. The molecule has 1 rings (SSSR count). The molecule has 0 aliphatic carbocycles. The molecule has 0 atom stereocenters. The first-order valence-corrected chi connectivity index (χ1v) is 5.00. The van der Waals surface area contributed by atoms with Crippen LogP contribution in [-0.2, 0) is 0 Å². The molecule has 5 nitrogen and oxygen atoms in total. The summed E-state index contributed by atoms with van der Waals surface area (Å²) in [6, 6.07) is 2.50. The van der Waals surface area contributed by atoms with E-state index in [4.69, 9.17) is 0 Å². The second-order valence-electron chi connectivity index (χ2n) is 2.79. The third-order valence-electron chi connectivity index (χ3n) is 1.83. The van der Waals surface area contributed by atoms with Crippen LogP contribution in [0.25, 0.3) is 0 Å². The second kappa shape index (κ2) is 4.47. The normalized spacial score (nSPS) is 9.73. The van der Waals surface area contributed by atoms with Crippen molar-refractivity contribution in [3.63, 3.8) is 0 Å². The number of nitro benzene ring substituents is 1. The van der Waals surface area contributed by atoms with Crippen molar-refractivity contribution < 1.29 is 14.5 Å². The fraction of sp³-hybridized carbons (Fsp3) is 0.111. The number of Topliss-reactive ketones (excluding diaryl/α,β-unsaturated/α-hetero) is 1. The smallest absolute Gasteiger partial charge is 0.281 e. The topological polar surface area (TPSA) is 77.3 Å². The fourth-order valence-electron chi connectivity index (χ4n) is 1.16. The number of rotatable bonds is 3. The third-order valence-corrected chi connectivity index (χ3v) is 2.99. The molecule has 6 heteroatoms. The van der Waals surface area contributed by atoms with E-state index < -0.39 is 10.7 Å². The molecule has 15 heavy (non-hydrogen) atoms. The Bertz CT molecular complexity index is 456. The quantitative estimate of drug-likeness (QED) is 0.281. The number of hydrogen-bond acceptors (Lipinski definition) is 4. The molecule has 0 unspecified atom stereocenters. The summed E-state index contributed by atoms with van der Waals surface area (Å²) in [7, 11) is 0. The van der Waals surface area contributed by atoms with Gasteiger partial charge in [-0.1, -0.05) is 0 Å². The molecule has 0 amide bonds. The minimum Gasteiger partial charge on any atom is -0.298 e. The van der Waals surface area contributed by atoms with Crippen LogP contribution < -0.4 is 0 Å². The maximum atomic E-state index is 11.2. The summed E-state index contributed by atoms with van der Waals surface area (Å²) in [6.07, 6.45) is 0.567. The SMILES string of the molecule is CC(=O)c1c([N+](=O)[O-])ccc(C=O)c1I. The van der Waals surface area contributed by atoms with Gasteiger partial charge in [0.2, 0.25) is 0 Å². The Morgan fingerprint density at radius 2 is 2.13 bits per heavy atom. The molecule has 1 aromatic carbocycles. The van der Waals surface area contributed by atoms with Crippen LogP contribution in [0.3, 0.4) is 0 Å². The van der Waals surface area contributed by atoms with Crippen LogP contribution >= 0.6 is 22.6 Å². The number of nitrogens with zero attached hydrogens (tertiary/aromatic N) is 1. The minimum atomic E-state index is -0.631. The highest BCUT2D eigenvalue weighted by atomic mass is 127. The van der Waals surface area contributed by atoms with Crippen molar-refractivity contribution in [3.8, 4) is 0 Å². The monoisotopic (exact) mass is 319 g/mol. The van der Waals surface area contributed by atoms with Gasteiger partial charge in [-0.15, -0.1) is 0 Å². The van der Waals surface area contributed by atoms with Gasteiger partial charge in [-0.2, -0.15) is 0 Å². The van der Waals surface area contributed by atoms with Crippen molar-refractivity contribution in [2.24, 2.45) is 0 Å². The molecular weight excluding hydrogens is 313 g/mol. The molecule has 0 saturated heterocycles. The number of nitro groups is 1. The standard InChI is InChI=1S/C9H6INO4/c1-5(13)8-7(11(14)15)3-2-6(4-12)9(8)10/h2-4H,1H3. The molecule has 1 aromatic rings. The molecule has 78 valence electrons. The summed E-state index contributed by atoms with van der Waals surface area (Å²) < 4.78 is 0.323. The molecular formula is C9H6INO4. The number of ketones is 1. The first-order chi connectivity index (χ1) is 6.99. The van der Waals surface area contributed by atoms with Gasteiger partial charge in [-0.05, 0) is 35.6 Å². The summed E-state index contributed by atoms with van der Waals surface area (Å²) in [5.41, 5.74) is 0.00843. The van der Waals surface area contributed by atoms with Gasteiger partial charge in [0.25, 0.3) is 5.69 Å². The average molecular weight is 319 g/mol. The Kier molecular flexibility index (Phi) is 3.51. The van der Waals surface area contributed by atoms with Gasteiger partial charge in [0.1, 0.15) is 5.56 Å². The van der Waals surface area contributed by atoms with Crippen LogP contribution in [0.15, 0.2) is 12.1 Å². The van der Waals surface area contributed by atoms with E-state index in [1.165, 1.54) is 19.1 Å². The zero-order chi connectivity index (χ0) is 11.6. The zero-order valence-electron chi connectivity index (χ0n) is 7.69. The Labute approximate surface area is 98.8 Å². The van der Waals surface area contributed by atoms with Crippen LogP contribution in [0.1, 0.15) is 27.6 Å². The first-order valence-electron chi connectivity index (χ1n) is 3.92. The molecule has 0 N–H and O–H groups in total. The van der Waals surface area contributed by atoms with Crippen molar-refractivity contribution in [3.05, 3.63) is 36.9 Å². The van der Waals surface area contributed by atoms with E-state index in [1.54, 1.807) is 22.6 Å². The lowest BCUT2D eigenvalue weighted by molar-refractivity contribution is -0.385. The first kappa shape index (κ1) is 11.8. The van der Waals surface area contributed by atoms with E-state index in [2.05, 4.69) is 0 Å². The van der Waals surface area contributed by atoms with Crippen molar-refractivity contribution >= 4 is 40.3 Å². The van der Waals surface area contributed by atoms with E-state index in [0.717, 1.165) is 0 Å². The van der Waals surface area contributed by atoms with E-state index in [0.29, 0.717) is 9.86 Å². The van der Waals surface area contributed by atoms with Gasteiger partial charge >= 0.3 is 0 Å². The summed E-state index contributed by atoms with van der Waals surface area (Å²) in [5.74, 6) is -0.421. The van der Waals surface area contributed by atoms with Crippen molar-refractivity contribution in [2.45, 2.75) is 6.92 Å². The Balaban J connectivity index is 3.58. The number of carbonyl (C=O) groups excluding carboxylic acids is 2. The molecule has 0 heterocycles. The van der Waals surface area contributed by atoms with Crippen LogP contribution in [0.5, 0.6) is 0 Å². The maximum Gasteiger partial charge on any atom is 0.281 e. The largest absolute Gasteiger partial charge is 0.298 e. The van der Waals surface area contributed by atoms with Gasteiger partial charge in [0, 0.05) is 15.2 Å². The van der Waals surface area contributed by atoms with Gasteiger partial charge in [-0.3, -0.25) is 19.7 Å². The summed E-state index contributed by atoms with van der Waals surface area (Å²) in [4.78, 5) is 31.8. The van der Waals surface area contributed by atoms with Crippen LogP contribution in [-0.4, -0.2) is 17.0 Å². The van der Waals surface area contributed by atoms with Crippen LogP contribution in [0, 0.1) is 13.7 Å². The summed E-state index contributed by atoms with van der Waals surface area (Å²) in [5, 5.41) is 10.6. The van der Waals surface area contributed by atoms with Gasteiger partial charge in [-0.25, -0.2) is 0 Å². The molecule has 0 fully saturated rings. The molecule has 0 saturated carbocycles. The predicted molar refractivity (Wildman–Crippen MR) is 61.2 cm³/mol. The number of benzene rings is 1. The lowest BCUT2D eigenvalue weighted by Crippen LogP contribution is -2.05. The molecule has 0 bridgehead atoms. The number of halogens is 1. The summed E-state index contributed by atoms with van der Waals surface area (Å²) in [6.45, 7) is 1.24. The predicted octanol–water partition coefficient (Wildman–Crippen LogP) is 2.21. The number of carbonyl (C=O) groups is 2. The van der Waals surface area contributed by atoms with Crippen molar-refractivity contribution in [1.29, 1.82) is 0 Å². The summed E-state index contributed by atoms with van der Waals surface area (Å²) >= 11 is 1.76. The van der Waals surface area contributed by atoms with Gasteiger partial charge in [0.15, 0.2) is 12.1 Å². The molecule has 0 aliphatic heterocycles. The van der Waals surface area contributed by atoms with E-state index in [-0.39, 0.29) is 16.8 Å². The molecule has 0 spiro atoms. The number of aldehydes is 1. The highest BCUT2D eigenvalue weighted by Gasteiger charge is 2.22. The molecule has 0 aromatic heterocycles. The second-order valence-corrected chi connectivity index (χ2v) is 3.87. The Morgan fingerprint density at radius 3 is 2.53 bits per heavy atom. The van der Waals surface area contributed by atoms with E-state index in [9.17, 15) is 19.7 Å². The Hall–Kier alpha value is -1.31. The zero-order valence-corrected chi connectivity index (χ0v) is 9.85. The van der Waals surface area contributed by atoms with Crippen molar-refractivity contribution in [2.75, 3.05) is 0 Å². The highest BCUT2D eigenvalue weighted by molar-refractivity contribution is 14.1. The van der Waals surface area contributed by atoms with Gasteiger partial charge < -0.3 is 0 Å². The van der Waals surface area contributed by atoms with E-state index in [1.807, 2.05) is 0 Å². The lowest BCUT2D eigenvalue weighted by Gasteiger charge is -2.03. The fourth-order valence-corrected chi connectivity index (χ4v) is 2.12. The van der Waals surface area contributed by atoms with Crippen LogP contribution in [0.4, 0.5) is 5.69 Å². The lowest BCUT2D eigenvalue weighted by atomic mass is 10.1.